The molecule has 1 atom stereocenters. The molecular formula is C23H22FNO7. The number of carbonyl (C=O) groups excluding carboxylic acids is 3. The van der Waals surface area contributed by atoms with Gasteiger partial charge < -0.3 is 24.6 Å². The van der Waals surface area contributed by atoms with E-state index in [1.807, 2.05) is 0 Å². The number of hydrogen-bond donors (Lipinski definition) is 2. The summed E-state index contributed by atoms with van der Waals surface area (Å²) in [6, 6.07) is 10.0. The second-order valence-electron chi connectivity index (χ2n) is 6.95. The molecule has 0 spiro atoms. The predicted molar refractivity (Wildman–Crippen MR) is 111 cm³/mol. The number of likely N-dealkylation sites (tertiary alicyclic amines) is 1. The summed E-state index contributed by atoms with van der Waals surface area (Å²) in [5.74, 6) is -3.23. The molecular weight excluding hydrogens is 421 g/mol. The van der Waals surface area contributed by atoms with Gasteiger partial charge in [-0.2, -0.15) is 0 Å². The van der Waals surface area contributed by atoms with Gasteiger partial charge in [0.2, 0.25) is 0 Å². The summed E-state index contributed by atoms with van der Waals surface area (Å²) in [5, 5.41) is 19.7. The number of rotatable bonds is 8. The quantitative estimate of drug-likeness (QED) is 0.211. The number of ether oxygens (including phenoxy) is 2. The first-order chi connectivity index (χ1) is 15.4. The zero-order valence-corrected chi connectivity index (χ0v) is 17.3. The zero-order valence-electron chi connectivity index (χ0n) is 17.3. The van der Waals surface area contributed by atoms with Crippen molar-refractivity contribution in [2.75, 3.05) is 33.5 Å². The molecule has 1 heterocycles. The second kappa shape index (κ2) is 10.2. The van der Waals surface area contributed by atoms with Crippen molar-refractivity contribution >= 4 is 23.4 Å². The SMILES string of the molecule is COC(=O)c1ccc(C2/C(=C(\O)c3ccc(F)cc3)C(=O)C(=O)N2CCOCCO)cc1. The molecule has 2 N–H and O–H groups in total. The first-order valence-corrected chi connectivity index (χ1v) is 9.80. The highest BCUT2D eigenvalue weighted by molar-refractivity contribution is 6.46. The number of hydrogen-bond acceptors (Lipinski definition) is 7. The fraction of sp³-hybridized carbons (Fsp3) is 0.261. The lowest BCUT2D eigenvalue weighted by atomic mass is 9.94. The van der Waals surface area contributed by atoms with Crippen LogP contribution in [0.2, 0.25) is 0 Å². The van der Waals surface area contributed by atoms with Crippen molar-refractivity contribution in [3.05, 3.63) is 76.6 Å². The van der Waals surface area contributed by atoms with Crippen LogP contribution < -0.4 is 0 Å². The molecule has 1 aliphatic rings. The number of aliphatic hydroxyl groups excluding tert-OH is 2. The smallest absolute Gasteiger partial charge is 0.337 e. The maximum atomic E-state index is 13.3. The van der Waals surface area contributed by atoms with E-state index in [-0.39, 0.29) is 43.1 Å². The van der Waals surface area contributed by atoms with Crippen LogP contribution >= 0.6 is 0 Å². The van der Waals surface area contributed by atoms with E-state index in [1.165, 1.54) is 36.3 Å². The summed E-state index contributed by atoms with van der Waals surface area (Å²) in [6.07, 6.45) is 0. The Morgan fingerprint density at radius 2 is 1.66 bits per heavy atom. The predicted octanol–water partition coefficient (Wildman–Crippen LogP) is 2.04. The first-order valence-electron chi connectivity index (χ1n) is 9.80. The normalized spacial score (nSPS) is 17.6. The highest BCUT2D eigenvalue weighted by atomic mass is 19.1. The van der Waals surface area contributed by atoms with Crippen LogP contribution in [0.1, 0.15) is 27.5 Å². The van der Waals surface area contributed by atoms with E-state index in [0.29, 0.717) is 5.56 Å². The van der Waals surface area contributed by atoms with Crippen LogP contribution in [-0.4, -0.2) is 66.2 Å². The number of Topliss-reactive ketones (excluding diaryl/α,β-unsaturated/α-hetero) is 1. The highest BCUT2D eigenvalue weighted by Crippen LogP contribution is 2.39. The number of benzene rings is 2. The molecule has 1 fully saturated rings. The van der Waals surface area contributed by atoms with E-state index < -0.39 is 35.3 Å². The molecule has 8 nitrogen and oxygen atoms in total. The van der Waals surface area contributed by atoms with Gasteiger partial charge in [-0.3, -0.25) is 9.59 Å². The number of halogens is 1. The topological polar surface area (TPSA) is 113 Å². The van der Waals surface area contributed by atoms with Gasteiger partial charge in [-0.1, -0.05) is 12.1 Å². The maximum absolute atomic E-state index is 13.3. The third-order valence-electron chi connectivity index (χ3n) is 5.02. The lowest BCUT2D eigenvalue weighted by Gasteiger charge is -2.25. The van der Waals surface area contributed by atoms with Crippen molar-refractivity contribution in [3.8, 4) is 0 Å². The van der Waals surface area contributed by atoms with E-state index in [4.69, 9.17) is 9.84 Å². The van der Waals surface area contributed by atoms with E-state index in [2.05, 4.69) is 4.74 Å². The van der Waals surface area contributed by atoms with Crippen LogP contribution in [0.5, 0.6) is 0 Å². The summed E-state index contributed by atoms with van der Waals surface area (Å²) >= 11 is 0. The third-order valence-corrected chi connectivity index (χ3v) is 5.02. The van der Waals surface area contributed by atoms with Crippen molar-refractivity contribution in [3.63, 3.8) is 0 Å². The lowest BCUT2D eigenvalue weighted by molar-refractivity contribution is -0.140. The van der Waals surface area contributed by atoms with Crippen LogP contribution in [0.4, 0.5) is 4.39 Å². The summed E-state index contributed by atoms with van der Waals surface area (Å²) in [5.41, 5.74) is 0.771. The van der Waals surface area contributed by atoms with Gasteiger partial charge >= 0.3 is 5.97 Å². The zero-order chi connectivity index (χ0) is 23.3. The van der Waals surface area contributed by atoms with E-state index >= 15 is 0 Å². The minimum atomic E-state index is -0.954. The number of methoxy groups -OCH3 is 1. The Kier molecular flexibility index (Phi) is 7.34. The summed E-state index contributed by atoms with van der Waals surface area (Å²) < 4.78 is 23.2. The van der Waals surface area contributed by atoms with Gasteiger partial charge in [0.1, 0.15) is 11.6 Å². The maximum Gasteiger partial charge on any atom is 0.337 e. The van der Waals surface area contributed by atoms with E-state index in [1.54, 1.807) is 12.1 Å². The van der Waals surface area contributed by atoms with Crippen molar-refractivity contribution in [1.82, 2.24) is 4.90 Å². The van der Waals surface area contributed by atoms with Crippen molar-refractivity contribution in [2.24, 2.45) is 0 Å². The molecule has 168 valence electrons. The summed E-state index contributed by atoms with van der Waals surface area (Å²) in [4.78, 5) is 38.6. The summed E-state index contributed by atoms with van der Waals surface area (Å²) in [7, 11) is 1.25. The molecule has 1 unspecified atom stereocenters. The Bertz CT molecular complexity index is 1030. The monoisotopic (exact) mass is 443 g/mol. The van der Waals surface area contributed by atoms with E-state index in [9.17, 15) is 23.9 Å². The Hall–Kier alpha value is -3.56. The fourth-order valence-corrected chi connectivity index (χ4v) is 3.47. The first kappa shape index (κ1) is 23.1. The van der Waals surface area contributed by atoms with Gasteiger partial charge in [-0.05, 0) is 42.0 Å². The number of aliphatic hydroxyl groups is 2. The average Bonchev–Trinajstić information content (AvgIpc) is 3.06. The molecule has 0 saturated carbocycles. The van der Waals surface area contributed by atoms with Gasteiger partial charge in [0, 0.05) is 12.1 Å². The Labute approximate surface area is 183 Å². The lowest BCUT2D eigenvalue weighted by Crippen LogP contribution is -2.33. The molecule has 2 aromatic rings. The van der Waals surface area contributed by atoms with Crippen LogP contribution in [-0.2, 0) is 19.1 Å². The molecule has 0 aromatic heterocycles. The Morgan fingerprint density at radius 3 is 2.25 bits per heavy atom. The number of amides is 1. The largest absolute Gasteiger partial charge is 0.507 e. The van der Waals surface area contributed by atoms with Gasteiger partial charge in [-0.25, -0.2) is 9.18 Å². The molecule has 0 aliphatic carbocycles. The minimum absolute atomic E-state index is 0.0220. The van der Waals surface area contributed by atoms with Crippen molar-refractivity contribution in [2.45, 2.75) is 6.04 Å². The number of esters is 1. The molecule has 0 radical (unpaired) electrons. The van der Waals surface area contributed by atoms with E-state index in [0.717, 1.165) is 12.1 Å². The molecule has 1 saturated heterocycles. The van der Waals surface area contributed by atoms with Crippen molar-refractivity contribution < 1.29 is 38.5 Å². The number of carbonyl (C=O) groups is 3. The van der Waals surface area contributed by atoms with Crippen molar-refractivity contribution in [1.29, 1.82) is 0 Å². The van der Waals surface area contributed by atoms with Crippen LogP contribution in [0.3, 0.4) is 0 Å². The van der Waals surface area contributed by atoms with Gasteiger partial charge in [-0.15, -0.1) is 0 Å². The van der Waals surface area contributed by atoms with Crippen LogP contribution in [0.15, 0.2) is 54.1 Å². The third kappa shape index (κ3) is 4.68. The van der Waals surface area contributed by atoms with Crippen LogP contribution in [0, 0.1) is 5.82 Å². The standard InChI is InChI=1S/C23H22FNO7/c1-31-23(30)16-4-2-14(3-5-16)19-18(20(27)15-6-8-17(24)9-7-15)21(28)22(29)25(19)10-12-32-13-11-26/h2-9,19,26-27H,10-13H2,1H3/b20-18+. The summed E-state index contributed by atoms with van der Waals surface area (Å²) in [6.45, 7) is -0.0467. The number of ketones is 1. The number of nitrogens with zero attached hydrogens (tertiary/aromatic N) is 1. The average molecular weight is 443 g/mol. The highest BCUT2D eigenvalue weighted by Gasteiger charge is 2.45. The Balaban J connectivity index is 2.06. The second-order valence-corrected chi connectivity index (χ2v) is 6.95. The fourth-order valence-electron chi connectivity index (χ4n) is 3.47. The van der Waals surface area contributed by atoms with Gasteiger partial charge in [0.15, 0.2) is 0 Å². The molecule has 1 aliphatic heterocycles. The molecule has 32 heavy (non-hydrogen) atoms. The minimum Gasteiger partial charge on any atom is -0.507 e. The van der Waals surface area contributed by atoms with Gasteiger partial charge in [0.25, 0.3) is 11.7 Å². The van der Waals surface area contributed by atoms with Gasteiger partial charge in [0.05, 0.1) is 44.1 Å². The Morgan fingerprint density at radius 1 is 1.03 bits per heavy atom. The molecule has 3 rings (SSSR count). The molecule has 1 amide bonds. The molecule has 9 heteroatoms. The molecule has 2 aromatic carbocycles. The molecule has 0 bridgehead atoms. The van der Waals surface area contributed by atoms with Crippen LogP contribution in [0.25, 0.3) is 5.76 Å².